The van der Waals surface area contributed by atoms with Crippen molar-refractivity contribution in [3.05, 3.63) is 28.8 Å². The second-order valence-electron chi connectivity index (χ2n) is 5.05. The van der Waals surface area contributed by atoms with Gasteiger partial charge in [0.05, 0.1) is 21.4 Å². The van der Waals surface area contributed by atoms with Gasteiger partial charge in [-0.3, -0.25) is 0 Å². The van der Waals surface area contributed by atoms with Gasteiger partial charge < -0.3 is 9.30 Å². The molecule has 3 nitrogen and oxygen atoms in total. The van der Waals surface area contributed by atoms with Crippen molar-refractivity contribution in [3.63, 3.8) is 0 Å². The van der Waals surface area contributed by atoms with Gasteiger partial charge in [-0.1, -0.05) is 11.6 Å². The first-order chi connectivity index (χ1) is 10.0. The molecule has 0 aliphatic heterocycles. The number of imidazole rings is 1. The van der Waals surface area contributed by atoms with Gasteiger partial charge in [0, 0.05) is 26.3 Å². The maximum absolute atomic E-state index is 13.6. The average Bonchev–Trinajstić information content (AvgIpc) is 2.77. The van der Waals surface area contributed by atoms with Crippen LogP contribution in [-0.4, -0.2) is 23.3 Å². The molecule has 0 aliphatic carbocycles. The minimum Gasteiger partial charge on any atom is -0.385 e. The molecule has 0 saturated carbocycles. The lowest BCUT2D eigenvalue weighted by Crippen LogP contribution is -2.05. The van der Waals surface area contributed by atoms with Crippen LogP contribution in [-0.2, 0) is 11.3 Å². The fourth-order valence-electron chi connectivity index (χ4n) is 2.37. The summed E-state index contributed by atoms with van der Waals surface area (Å²) in [5.41, 5.74) is 1.42. The maximum Gasteiger partial charge on any atom is 0.144 e. The molecule has 0 radical (unpaired) electrons. The summed E-state index contributed by atoms with van der Waals surface area (Å²) in [7, 11) is 1.70. The standard InChI is InChI=1S/C15H19Cl2FN2O/c1-10(16)15-19-13-9-12(18)11(17)8-14(13)20(15)6-4-3-5-7-21-2/h8-10H,3-7H2,1-2H3. The third kappa shape index (κ3) is 3.87. The van der Waals surface area contributed by atoms with Crippen LogP contribution < -0.4 is 0 Å². The van der Waals surface area contributed by atoms with Crippen LogP contribution in [0.2, 0.25) is 5.02 Å². The van der Waals surface area contributed by atoms with Crippen molar-refractivity contribution in [2.75, 3.05) is 13.7 Å². The van der Waals surface area contributed by atoms with E-state index in [0.29, 0.717) is 5.52 Å². The van der Waals surface area contributed by atoms with E-state index in [9.17, 15) is 4.39 Å². The fraction of sp³-hybridized carbons (Fsp3) is 0.533. The van der Waals surface area contributed by atoms with Crippen LogP contribution in [0.4, 0.5) is 4.39 Å². The summed E-state index contributed by atoms with van der Waals surface area (Å²) in [6, 6.07) is 2.99. The number of methoxy groups -OCH3 is 1. The summed E-state index contributed by atoms with van der Waals surface area (Å²) in [6.45, 7) is 3.41. The van der Waals surface area contributed by atoms with Crippen molar-refractivity contribution >= 4 is 34.2 Å². The maximum atomic E-state index is 13.6. The molecular weight excluding hydrogens is 314 g/mol. The molecule has 0 amide bonds. The summed E-state index contributed by atoms with van der Waals surface area (Å²) in [5.74, 6) is 0.294. The number of hydrogen-bond donors (Lipinski definition) is 0. The normalized spacial score (nSPS) is 13.0. The molecular formula is C15H19Cl2FN2O. The van der Waals surface area contributed by atoms with E-state index in [1.807, 2.05) is 11.5 Å². The Morgan fingerprint density at radius 1 is 1.33 bits per heavy atom. The highest BCUT2D eigenvalue weighted by Gasteiger charge is 2.16. The molecule has 2 rings (SSSR count). The Hall–Kier alpha value is -0.840. The van der Waals surface area contributed by atoms with Gasteiger partial charge in [-0.05, 0) is 32.3 Å². The van der Waals surface area contributed by atoms with E-state index in [1.54, 1.807) is 13.2 Å². The Bertz CT molecular complexity index is 613. The molecule has 1 heterocycles. The molecule has 0 aliphatic rings. The Morgan fingerprint density at radius 3 is 2.76 bits per heavy atom. The molecule has 0 spiro atoms. The summed E-state index contributed by atoms with van der Waals surface area (Å²) in [4.78, 5) is 4.44. The molecule has 0 fully saturated rings. The molecule has 0 N–H and O–H groups in total. The van der Waals surface area contributed by atoms with Crippen LogP contribution >= 0.6 is 23.2 Å². The third-order valence-electron chi connectivity index (χ3n) is 3.41. The molecule has 0 saturated heterocycles. The Kier molecular flexibility index (Phi) is 5.85. The van der Waals surface area contributed by atoms with Crippen LogP contribution in [0.1, 0.15) is 37.4 Å². The molecule has 1 aromatic carbocycles. The Labute approximate surface area is 134 Å². The Morgan fingerprint density at radius 2 is 2.10 bits per heavy atom. The van der Waals surface area contributed by atoms with Gasteiger partial charge >= 0.3 is 0 Å². The number of unbranched alkanes of at least 4 members (excludes halogenated alkanes) is 2. The zero-order chi connectivity index (χ0) is 15.4. The van der Waals surface area contributed by atoms with Gasteiger partial charge in [0.15, 0.2) is 0 Å². The average molecular weight is 333 g/mol. The SMILES string of the molecule is COCCCCCn1c(C(C)Cl)nc2cc(F)c(Cl)cc21. The minimum absolute atomic E-state index is 0.108. The lowest BCUT2D eigenvalue weighted by molar-refractivity contribution is 0.191. The van der Waals surface area contributed by atoms with Crippen molar-refractivity contribution in [1.82, 2.24) is 9.55 Å². The minimum atomic E-state index is -0.456. The number of ether oxygens (including phenoxy) is 1. The number of rotatable bonds is 7. The summed E-state index contributed by atoms with van der Waals surface area (Å²) in [6.07, 6.45) is 3.06. The van der Waals surface area contributed by atoms with Gasteiger partial charge in [-0.2, -0.15) is 0 Å². The highest BCUT2D eigenvalue weighted by Crippen LogP contribution is 2.28. The lowest BCUT2D eigenvalue weighted by Gasteiger charge is -2.10. The van der Waals surface area contributed by atoms with Crippen LogP contribution in [0.25, 0.3) is 11.0 Å². The monoisotopic (exact) mass is 332 g/mol. The number of hydrogen-bond acceptors (Lipinski definition) is 2. The van der Waals surface area contributed by atoms with E-state index in [2.05, 4.69) is 4.98 Å². The van der Waals surface area contributed by atoms with Gasteiger partial charge in [0.1, 0.15) is 11.6 Å². The van der Waals surface area contributed by atoms with Gasteiger partial charge in [-0.25, -0.2) is 9.37 Å². The number of aryl methyl sites for hydroxylation is 1. The largest absolute Gasteiger partial charge is 0.385 e. The molecule has 21 heavy (non-hydrogen) atoms. The molecule has 1 atom stereocenters. The summed E-state index contributed by atoms with van der Waals surface area (Å²) >= 11 is 12.1. The first-order valence-corrected chi connectivity index (χ1v) is 7.84. The van der Waals surface area contributed by atoms with E-state index in [1.165, 1.54) is 6.07 Å². The first kappa shape index (κ1) is 16.5. The highest BCUT2D eigenvalue weighted by atomic mass is 35.5. The number of halogens is 3. The molecule has 0 bridgehead atoms. The van der Waals surface area contributed by atoms with Crippen molar-refractivity contribution in [2.24, 2.45) is 0 Å². The Balaban J connectivity index is 2.26. The number of aromatic nitrogens is 2. The van der Waals surface area contributed by atoms with E-state index >= 15 is 0 Å². The van der Waals surface area contributed by atoms with Crippen LogP contribution in [0.5, 0.6) is 0 Å². The predicted octanol–water partition coefficient (Wildman–Crippen LogP) is 4.95. The van der Waals surface area contributed by atoms with Crippen molar-refractivity contribution in [3.8, 4) is 0 Å². The molecule has 2 aromatic rings. The van der Waals surface area contributed by atoms with Crippen molar-refractivity contribution < 1.29 is 9.13 Å². The van der Waals surface area contributed by atoms with Gasteiger partial charge in [0.2, 0.25) is 0 Å². The van der Waals surface area contributed by atoms with Gasteiger partial charge in [-0.15, -0.1) is 11.6 Å². The van der Waals surface area contributed by atoms with E-state index < -0.39 is 5.82 Å². The lowest BCUT2D eigenvalue weighted by atomic mass is 10.2. The smallest absolute Gasteiger partial charge is 0.144 e. The summed E-state index contributed by atoms with van der Waals surface area (Å²) < 4.78 is 20.6. The van der Waals surface area contributed by atoms with E-state index in [4.69, 9.17) is 27.9 Å². The molecule has 116 valence electrons. The topological polar surface area (TPSA) is 27.1 Å². The van der Waals surface area contributed by atoms with Gasteiger partial charge in [0.25, 0.3) is 0 Å². The molecule has 1 unspecified atom stereocenters. The van der Waals surface area contributed by atoms with E-state index in [-0.39, 0.29) is 10.4 Å². The third-order valence-corrected chi connectivity index (χ3v) is 3.89. The van der Waals surface area contributed by atoms with Crippen molar-refractivity contribution in [2.45, 2.75) is 38.1 Å². The zero-order valence-corrected chi connectivity index (χ0v) is 13.7. The van der Waals surface area contributed by atoms with Crippen LogP contribution in [0.15, 0.2) is 12.1 Å². The predicted molar refractivity (Wildman–Crippen MR) is 84.7 cm³/mol. The van der Waals surface area contributed by atoms with Crippen molar-refractivity contribution in [1.29, 1.82) is 0 Å². The molecule has 6 heteroatoms. The first-order valence-electron chi connectivity index (χ1n) is 7.02. The quantitative estimate of drug-likeness (QED) is 0.530. The second-order valence-corrected chi connectivity index (χ2v) is 6.11. The number of nitrogens with zero attached hydrogens (tertiary/aromatic N) is 2. The highest BCUT2D eigenvalue weighted by molar-refractivity contribution is 6.31. The summed E-state index contributed by atoms with van der Waals surface area (Å²) in [5, 5.41) is -0.130. The van der Waals surface area contributed by atoms with Crippen LogP contribution in [0, 0.1) is 5.82 Å². The fourth-order valence-corrected chi connectivity index (χ4v) is 2.70. The molecule has 1 aromatic heterocycles. The van der Waals surface area contributed by atoms with E-state index in [0.717, 1.165) is 43.8 Å². The number of alkyl halides is 1. The number of fused-ring (bicyclic) bond motifs is 1. The zero-order valence-electron chi connectivity index (χ0n) is 12.2. The second kappa shape index (κ2) is 7.43. The van der Waals surface area contributed by atoms with Crippen LogP contribution in [0.3, 0.4) is 0 Å². The number of benzene rings is 1.